The number of hydrogen-bond donors (Lipinski definition) is 11. The number of ether oxygens (including phenoxy) is 1. The average Bonchev–Trinajstić information content (AvgIpc) is 1.63. The number of aromatic nitrogens is 8. The number of hydrogen-bond acceptors (Lipinski definition) is 30. The molecule has 11 N–H and O–H groups in total. The standard InChI is InChI=1S/C26H33N5O4S.C25H33F2N5O3S.C24H31F2N5O4S2.C24H31F2N5O3S/c1-13-9-21(28-14(2)15-3-4-15)27-10-18(13)23-22(26(34)31-16-5-6-17(31)8-7-16)30-25(36-23)24(33)29-19-11-35-12-20(19)32;1-5-14(3)29-19-8-13(2)18(11-28-19)21-20(24(35)32-12-25(26,27)10-15(32)4)31-23(36-21)22(34)30-16-6-7-17(33)9-16;1-13(2)28-18-9-14(3)17(11-27-18)20-19(23(33)31-12-24(25,26)10-15(31)4)30-22(36-20)21(32)29-16-5-7-37(34,35)8-6-16;1-12(2)28-18-8-13(3)15(10-27-18)20-19(23(34)31-11-24(25,26)9-14(31)4)30-22(35-20)21(33)29-16-6-5-7-17(16)32/h9-10,14-17,19-20,32H,3-8,11-12H2,1-2H3,(H,27,28)(H,29,33);8,11,14-17,33H,5-7,9-10,12H2,1-4H3,(H,28,29)(H,30,34);9,11,13,15-16H,5-8,10,12H2,1-4H3,(H,27,28)(H,29,32);8,10,12,14,16-17,32H,5-7,9,11H2,1-4H3,(H,27,28)(H,29,33)/t14-,16?,17?,19+,20+;14-,15+,16+,17+;15-;14-,16+,17+/m1100/s1. The van der Waals surface area contributed by atoms with Gasteiger partial charge in [-0.15, -0.1) is 45.3 Å². The normalized spacial score (nSPS) is 24.2. The first kappa shape index (κ1) is 108. The van der Waals surface area contributed by atoms with Crippen LogP contribution in [0.3, 0.4) is 0 Å². The molecule has 3 aliphatic carbocycles. The van der Waals surface area contributed by atoms with Crippen LogP contribution in [0.5, 0.6) is 0 Å². The van der Waals surface area contributed by atoms with Gasteiger partial charge in [-0.2, -0.15) is 0 Å². The largest absolute Gasteiger partial charge is 0.393 e. The Kier molecular flexibility index (Phi) is 33.4. The fourth-order valence-electron chi connectivity index (χ4n) is 19.9. The van der Waals surface area contributed by atoms with Crippen molar-refractivity contribution in [3.05, 3.63) is 114 Å². The molecule has 8 amide bonds. The lowest BCUT2D eigenvalue weighted by atomic mass is 10.0. The average molecular weight is 2100 g/mol. The number of sulfone groups is 1. The van der Waals surface area contributed by atoms with Gasteiger partial charge in [0.15, 0.2) is 20.0 Å². The third-order valence-corrected chi connectivity index (χ3v) is 34.0. The van der Waals surface area contributed by atoms with Crippen LogP contribution in [-0.4, -0.2) is 289 Å². The summed E-state index contributed by atoms with van der Waals surface area (Å²) in [5.74, 6) is -9.30. The van der Waals surface area contributed by atoms with E-state index in [0.29, 0.717) is 116 Å². The van der Waals surface area contributed by atoms with E-state index in [4.69, 9.17) is 4.74 Å². The number of aliphatic hydroxyl groups is 3. The van der Waals surface area contributed by atoms with Crippen molar-refractivity contribution in [3.8, 4) is 41.8 Å². The van der Waals surface area contributed by atoms with Crippen LogP contribution >= 0.6 is 45.3 Å². The van der Waals surface area contributed by atoms with Crippen molar-refractivity contribution in [2.45, 2.75) is 327 Å². The number of likely N-dealkylation sites (tertiary alicyclic amines) is 3. The van der Waals surface area contributed by atoms with Gasteiger partial charge in [0.25, 0.3) is 65.0 Å². The van der Waals surface area contributed by atoms with Crippen LogP contribution in [-0.2, 0) is 14.6 Å². The van der Waals surface area contributed by atoms with Gasteiger partial charge in [-0.3, -0.25) is 38.4 Å². The van der Waals surface area contributed by atoms with Crippen LogP contribution in [0.15, 0.2) is 49.1 Å². The number of rotatable bonds is 26. The minimum atomic E-state index is -3.09. The zero-order valence-corrected chi connectivity index (χ0v) is 87.2. The van der Waals surface area contributed by atoms with Crippen LogP contribution < -0.4 is 42.5 Å². The molecule has 15 heterocycles. The molecule has 18 rings (SSSR count). The number of alkyl halides is 6. The predicted molar refractivity (Wildman–Crippen MR) is 539 cm³/mol. The first-order chi connectivity index (χ1) is 68.0. The first-order valence-corrected chi connectivity index (χ1v) is 54.6. The Morgan fingerprint density at radius 2 is 0.806 bits per heavy atom. The Hall–Kier alpha value is -10.6. The molecule has 10 aliphatic rings. The van der Waals surface area contributed by atoms with Crippen LogP contribution in [0.1, 0.15) is 288 Å². The summed E-state index contributed by atoms with van der Waals surface area (Å²) in [5.41, 5.74) is 6.21. The third-order valence-electron chi connectivity index (χ3n) is 27.9. The van der Waals surface area contributed by atoms with Crippen molar-refractivity contribution >= 4 is 126 Å². The third kappa shape index (κ3) is 25.6. The second kappa shape index (κ2) is 44.6. The number of carbonyl (C=O) groups excluding carboxylic acids is 8. The predicted octanol–water partition coefficient (Wildman–Crippen LogP) is 14.6. The van der Waals surface area contributed by atoms with E-state index in [1.165, 1.54) is 24.2 Å². The molecule has 7 saturated heterocycles. The number of thiazole rings is 4. The van der Waals surface area contributed by atoms with Crippen molar-refractivity contribution in [1.29, 1.82) is 0 Å². The quantitative estimate of drug-likeness (QED) is 0.0224. The zero-order valence-electron chi connectivity index (χ0n) is 83.1. The molecule has 7 aliphatic heterocycles. The van der Waals surface area contributed by atoms with E-state index in [1.807, 2.05) is 91.5 Å². The minimum Gasteiger partial charge on any atom is -0.393 e. The zero-order chi connectivity index (χ0) is 104. The molecule has 8 aromatic heterocycles. The van der Waals surface area contributed by atoms with E-state index in [9.17, 15) is 88.4 Å². The molecule has 0 unspecified atom stereocenters. The summed E-state index contributed by atoms with van der Waals surface area (Å²) in [6.45, 7) is 24.9. The van der Waals surface area contributed by atoms with Crippen molar-refractivity contribution in [2.75, 3.05) is 65.6 Å². The molecule has 34 nitrogen and oxygen atoms in total. The number of fused-ring (bicyclic) bond motifs is 2. The van der Waals surface area contributed by atoms with E-state index < -0.39 is 150 Å². The molecule has 2 bridgehead atoms. The molecule has 0 radical (unpaired) electrons. The lowest BCUT2D eigenvalue weighted by Gasteiger charge is -2.22. The van der Waals surface area contributed by atoms with E-state index in [2.05, 4.69) is 96.3 Å². The molecule has 780 valence electrons. The highest BCUT2D eigenvalue weighted by atomic mass is 32.2. The van der Waals surface area contributed by atoms with Gasteiger partial charge in [0.1, 0.15) is 55.9 Å². The SMILES string of the molecule is CC[C@@H](C)Nc1cc(C)c(-c2sc(C(=O)N[C@H]3CC[C@H](O)C3)nc2C(=O)N2CC(F)(F)C[C@@H]2C)cn1.Cc1cc(NC(C)C)ncc1-c1sc(C(=O)NC2CCS(=O)(=O)CC2)nc1C(=O)N1CC(F)(F)C[C@@H]1C.Cc1cc(NC(C)C)ncc1-c1sc(C(=O)N[C@@H]2CCC[C@H]2O)nc1C(=O)N1CC(F)(F)C[C@@H]1C.Cc1cc(N[C@H](C)C2CC2)ncc1-c1sc(C(=O)N[C@H]2COC[C@@H]2O)nc1C(=O)N1C2CCC1CC2. The molecular formula is C99H128F6N20O14S5. The Morgan fingerprint density at radius 3 is 1.12 bits per heavy atom. The van der Waals surface area contributed by atoms with Crippen molar-refractivity contribution in [3.63, 3.8) is 0 Å². The summed E-state index contributed by atoms with van der Waals surface area (Å²) in [5, 5.41) is 54.8. The second-order valence-electron chi connectivity index (χ2n) is 40.6. The molecule has 10 fully saturated rings. The highest BCUT2D eigenvalue weighted by Crippen LogP contribution is 2.46. The van der Waals surface area contributed by atoms with E-state index in [1.54, 1.807) is 45.6 Å². The number of nitrogens with zero attached hydrogens (tertiary/aromatic N) is 12. The smallest absolute Gasteiger partial charge is 0.280 e. The Labute approximate surface area is 848 Å². The Morgan fingerprint density at radius 1 is 0.444 bits per heavy atom. The van der Waals surface area contributed by atoms with Gasteiger partial charge in [-0.05, 0) is 239 Å². The van der Waals surface area contributed by atoms with Crippen LogP contribution in [0, 0.1) is 33.6 Å². The number of amides is 8. The van der Waals surface area contributed by atoms with E-state index >= 15 is 0 Å². The molecule has 0 aromatic carbocycles. The molecule has 8 aromatic rings. The summed E-state index contributed by atoms with van der Waals surface area (Å²) in [6.07, 6.45) is 15.5. The Balaban J connectivity index is 0.000000144. The van der Waals surface area contributed by atoms with Gasteiger partial charge in [0, 0.05) is 133 Å². The summed E-state index contributed by atoms with van der Waals surface area (Å²) < 4.78 is 113. The number of carbonyl (C=O) groups is 8. The molecular weight excluding hydrogens is 1970 g/mol. The van der Waals surface area contributed by atoms with Gasteiger partial charge >= 0.3 is 0 Å². The van der Waals surface area contributed by atoms with Crippen LogP contribution in [0.4, 0.5) is 49.6 Å². The fourth-order valence-corrected chi connectivity index (χ4v) is 25.5. The summed E-state index contributed by atoms with van der Waals surface area (Å²) in [7, 11) is -3.09. The highest BCUT2D eigenvalue weighted by molar-refractivity contribution is 7.91. The number of aliphatic hydroxyl groups excluding tert-OH is 3. The van der Waals surface area contributed by atoms with Gasteiger partial charge in [-0.25, -0.2) is 74.6 Å². The maximum absolute atomic E-state index is 14.1. The number of pyridine rings is 4. The molecule has 11 atom stereocenters. The second-order valence-corrected chi connectivity index (χ2v) is 46.9. The summed E-state index contributed by atoms with van der Waals surface area (Å²) >= 11 is 4.28. The van der Waals surface area contributed by atoms with Crippen molar-refractivity contribution < 1.29 is 93.2 Å². The minimum absolute atomic E-state index is 0.00646. The summed E-state index contributed by atoms with van der Waals surface area (Å²) in [4.78, 5) is 149. The molecule has 144 heavy (non-hydrogen) atoms. The molecule has 0 spiro atoms. The van der Waals surface area contributed by atoms with E-state index in [0.717, 1.165) is 121 Å². The fraction of sp³-hybridized carbons (Fsp3) is 0.596. The topological polar surface area (TPSA) is 453 Å². The van der Waals surface area contributed by atoms with Crippen molar-refractivity contribution in [2.24, 2.45) is 5.92 Å². The Bertz CT molecular complexity index is 6190. The lowest BCUT2D eigenvalue weighted by Crippen LogP contribution is -2.42. The number of aryl methyl sites for hydroxylation is 4. The molecule has 3 saturated carbocycles. The summed E-state index contributed by atoms with van der Waals surface area (Å²) in [6, 6.07) is 5.61. The van der Waals surface area contributed by atoms with Gasteiger partial charge in [0.2, 0.25) is 0 Å². The molecule has 45 heteroatoms. The van der Waals surface area contributed by atoms with Gasteiger partial charge in [-0.1, -0.05) is 6.92 Å². The van der Waals surface area contributed by atoms with Gasteiger partial charge < -0.3 is 82.2 Å². The van der Waals surface area contributed by atoms with Gasteiger partial charge in [0.05, 0.1) is 94.3 Å². The monoisotopic (exact) mass is 2090 g/mol. The maximum atomic E-state index is 14.1. The maximum Gasteiger partial charge on any atom is 0.280 e. The first-order valence-electron chi connectivity index (χ1n) is 49.5. The van der Waals surface area contributed by atoms with Crippen LogP contribution in [0.25, 0.3) is 41.8 Å². The van der Waals surface area contributed by atoms with E-state index in [-0.39, 0.29) is 116 Å². The number of halogens is 6. The number of anilines is 4. The highest BCUT2D eigenvalue weighted by Gasteiger charge is 2.51. The lowest BCUT2D eigenvalue weighted by molar-refractivity contribution is 0.0115. The van der Waals surface area contributed by atoms with Crippen molar-refractivity contribution in [1.82, 2.24) is 80.7 Å². The van der Waals surface area contributed by atoms with Crippen LogP contribution in [0.2, 0.25) is 0 Å². The number of nitrogens with one attached hydrogen (secondary N) is 8.